The van der Waals surface area contributed by atoms with Crippen molar-refractivity contribution in [2.45, 2.75) is 6.42 Å². The Morgan fingerprint density at radius 1 is 0.966 bits per heavy atom. The summed E-state index contributed by atoms with van der Waals surface area (Å²) >= 11 is 0. The zero-order valence-corrected chi connectivity index (χ0v) is 16.6. The maximum absolute atomic E-state index is 13.0. The van der Waals surface area contributed by atoms with E-state index in [1.54, 1.807) is 32.4 Å². The second-order valence-electron chi connectivity index (χ2n) is 7.18. The number of carbonyl (C=O) groups excluding carboxylic acids is 2. The molecule has 0 atom stereocenters. The Hall–Kier alpha value is -3.22. The largest absolute Gasteiger partial charge is 0.497 e. The van der Waals surface area contributed by atoms with Gasteiger partial charge >= 0.3 is 0 Å². The van der Waals surface area contributed by atoms with E-state index in [-0.39, 0.29) is 18.3 Å². The normalized spacial score (nSPS) is 16.1. The number of hydrogen-bond donors (Lipinski definition) is 0. The van der Waals surface area contributed by atoms with E-state index in [1.807, 2.05) is 23.1 Å². The van der Waals surface area contributed by atoms with Crippen molar-refractivity contribution in [3.05, 3.63) is 47.5 Å². The standard InChI is InChI=1S/C22H24N2O5/c1-27-19-11-17(12-20(13-19)28-2)23-5-7-24(8-6-23)22(26)15-3-4-21-16(9-15)10-18(25)14-29-21/h3-4,9,11-13H,5-8,10,14H2,1-2H3. The summed E-state index contributed by atoms with van der Waals surface area (Å²) in [5.74, 6) is 2.18. The molecule has 0 aliphatic carbocycles. The molecule has 152 valence electrons. The van der Waals surface area contributed by atoms with Crippen LogP contribution in [-0.4, -0.2) is 63.6 Å². The summed E-state index contributed by atoms with van der Waals surface area (Å²) in [6.07, 6.45) is 0.321. The lowest BCUT2D eigenvalue weighted by Gasteiger charge is -2.36. The van der Waals surface area contributed by atoms with Gasteiger partial charge in [0.15, 0.2) is 5.78 Å². The number of benzene rings is 2. The van der Waals surface area contributed by atoms with Crippen LogP contribution in [-0.2, 0) is 11.2 Å². The van der Waals surface area contributed by atoms with Gasteiger partial charge in [-0.25, -0.2) is 0 Å². The molecule has 0 N–H and O–H groups in total. The van der Waals surface area contributed by atoms with Gasteiger partial charge in [0.1, 0.15) is 23.9 Å². The number of rotatable bonds is 4. The Kier molecular flexibility index (Phi) is 5.29. The second kappa shape index (κ2) is 8.03. The van der Waals surface area contributed by atoms with Crippen LogP contribution in [0.25, 0.3) is 0 Å². The summed E-state index contributed by atoms with van der Waals surface area (Å²) in [5, 5.41) is 0. The van der Waals surface area contributed by atoms with Gasteiger partial charge in [0.2, 0.25) is 0 Å². The van der Waals surface area contributed by atoms with Crippen LogP contribution in [0.5, 0.6) is 17.2 Å². The molecule has 0 radical (unpaired) electrons. The smallest absolute Gasteiger partial charge is 0.253 e. The third kappa shape index (κ3) is 3.99. The minimum Gasteiger partial charge on any atom is -0.497 e. The van der Waals surface area contributed by atoms with E-state index in [9.17, 15) is 9.59 Å². The summed E-state index contributed by atoms with van der Waals surface area (Å²) in [5.41, 5.74) is 2.39. The first-order valence-corrected chi connectivity index (χ1v) is 9.62. The lowest BCUT2D eigenvalue weighted by molar-refractivity contribution is -0.121. The zero-order chi connectivity index (χ0) is 20.4. The number of amides is 1. The van der Waals surface area contributed by atoms with Crippen LogP contribution in [0.15, 0.2) is 36.4 Å². The van der Waals surface area contributed by atoms with Gasteiger partial charge in [-0.05, 0) is 18.2 Å². The first-order chi connectivity index (χ1) is 14.1. The van der Waals surface area contributed by atoms with Crippen molar-refractivity contribution in [1.29, 1.82) is 0 Å². The van der Waals surface area contributed by atoms with Crippen molar-refractivity contribution in [2.75, 3.05) is 51.9 Å². The van der Waals surface area contributed by atoms with E-state index in [4.69, 9.17) is 14.2 Å². The number of nitrogens with zero attached hydrogens (tertiary/aromatic N) is 2. The third-order valence-electron chi connectivity index (χ3n) is 5.35. The SMILES string of the molecule is COc1cc(OC)cc(N2CCN(C(=O)c3ccc4c(c3)CC(=O)CO4)CC2)c1. The van der Waals surface area contributed by atoms with Crippen LogP contribution in [0.1, 0.15) is 15.9 Å². The summed E-state index contributed by atoms with van der Waals surface area (Å²) in [6.45, 7) is 2.77. The Bertz CT molecular complexity index is 913. The number of anilines is 1. The van der Waals surface area contributed by atoms with E-state index in [0.29, 0.717) is 43.9 Å². The van der Waals surface area contributed by atoms with Gasteiger partial charge in [-0.15, -0.1) is 0 Å². The molecule has 1 saturated heterocycles. The zero-order valence-electron chi connectivity index (χ0n) is 16.6. The van der Waals surface area contributed by atoms with Crippen molar-refractivity contribution in [3.63, 3.8) is 0 Å². The highest BCUT2D eigenvalue weighted by Crippen LogP contribution is 2.29. The number of ether oxygens (including phenoxy) is 3. The van der Waals surface area contributed by atoms with Crippen molar-refractivity contribution in [2.24, 2.45) is 0 Å². The Labute approximate surface area is 169 Å². The molecule has 1 fully saturated rings. The molecule has 7 heteroatoms. The second-order valence-corrected chi connectivity index (χ2v) is 7.18. The number of piperazine rings is 1. The molecule has 0 saturated carbocycles. The molecule has 1 amide bonds. The molecule has 0 unspecified atom stereocenters. The van der Waals surface area contributed by atoms with Crippen molar-refractivity contribution < 1.29 is 23.8 Å². The predicted molar refractivity (Wildman–Crippen MR) is 108 cm³/mol. The first-order valence-electron chi connectivity index (χ1n) is 9.62. The molecule has 2 aliphatic heterocycles. The highest BCUT2D eigenvalue weighted by Gasteiger charge is 2.25. The molecular formula is C22H24N2O5. The van der Waals surface area contributed by atoms with Gasteiger partial charge in [0.25, 0.3) is 5.91 Å². The first kappa shape index (κ1) is 19.1. The Morgan fingerprint density at radius 2 is 1.66 bits per heavy atom. The van der Waals surface area contributed by atoms with Crippen LogP contribution in [0.2, 0.25) is 0 Å². The number of fused-ring (bicyclic) bond motifs is 1. The monoisotopic (exact) mass is 396 g/mol. The van der Waals surface area contributed by atoms with Gasteiger partial charge in [-0.2, -0.15) is 0 Å². The molecule has 7 nitrogen and oxygen atoms in total. The number of methoxy groups -OCH3 is 2. The number of ketones is 1. The highest BCUT2D eigenvalue weighted by atomic mass is 16.5. The lowest BCUT2D eigenvalue weighted by atomic mass is 10.0. The van der Waals surface area contributed by atoms with Crippen molar-refractivity contribution >= 4 is 17.4 Å². The topological polar surface area (TPSA) is 68.3 Å². The van der Waals surface area contributed by atoms with Crippen LogP contribution >= 0.6 is 0 Å². The fourth-order valence-corrected chi connectivity index (χ4v) is 3.74. The maximum Gasteiger partial charge on any atom is 0.253 e. The molecule has 0 bridgehead atoms. The van der Waals surface area contributed by atoms with Gasteiger partial charge in [-0.3, -0.25) is 9.59 Å². The van der Waals surface area contributed by atoms with Gasteiger partial charge in [-0.1, -0.05) is 0 Å². The van der Waals surface area contributed by atoms with Gasteiger partial charge in [0.05, 0.1) is 14.2 Å². The molecular weight excluding hydrogens is 372 g/mol. The van der Waals surface area contributed by atoms with E-state index in [2.05, 4.69) is 4.90 Å². The van der Waals surface area contributed by atoms with E-state index < -0.39 is 0 Å². The minimum absolute atomic E-state index is 0.0197. The lowest BCUT2D eigenvalue weighted by Crippen LogP contribution is -2.48. The van der Waals surface area contributed by atoms with Crippen molar-refractivity contribution in [3.8, 4) is 17.2 Å². The third-order valence-corrected chi connectivity index (χ3v) is 5.35. The van der Waals surface area contributed by atoms with Crippen LogP contribution in [0, 0.1) is 0 Å². The summed E-state index contributed by atoms with van der Waals surface area (Å²) < 4.78 is 16.1. The van der Waals surface area contributed by atoms with Crippen LogP contribution < -0.4 is 19.1 Å². The average Bonchev–Trinajstić information content (AvgIpc) is 2.77. The summed E-state index contributed by atoms with van der Waals surface area (Å²) in [6, 6.07) is 11.1. The minimum atomic E-state index is -0.0197. The molecule has 0 aromatic heterocycles. The number of Topliss-reactive ketones (excluding diaryl/α,β-unsaturated/α-hetero) is 1. The fourth-order valence-electron chi connectivity index (χ4n) is 3.74. The van der Waals surface area contributed by atoms with Crippen LogP contribution in [0.4, 0.5) is 5.69 Å². The predicted octanol–water partition coefficient (Wildman–Crippen LogP) is 2.17. The molecule has 4 rings (SSSR count). The molecule has 2 aliphatic rings. The fraction of sp³-hybridized carbons (Fsp3) is 0.364. The molecule has 2 heterocycles. The van der Waals surface area contributed by atoms with E-state index >= 15 is 0 Å². The molecule has 0 spiro atoms. The van der Waals surface area contributed by atoms with Gasteiger partial charge in [0, 0.05) is 67.6 Å². The van der Waals surface area contributed by atoms with E-state index in [1.165, 1.54) is 0 Å². The summed E-state index contributed by atoms with van der Waals surface area (Å²) in [7, 11) is 3.26. The van der Waals surface area contributed by atoms with Crippen LogP contribution in [0.3, 0.4) is 0 Å². The number of carbonyl (C=O) groups is 2. The quantitative estimate of drug-likeness (QED) is 0.789. The van der Waals surface area contributed by atoms with Gasteiger partial charge < -0.3 is 24.0 Å². The molecule has 2 aromatic rings. The Morgan fingerprint density at radius 3 is 2.31 bits per heavy atom. The van der Waals surface area contributed by atoms with E-state index in [0.717, 1.165) is 22.7 Å². The number of hydrogen-bond acceptors (Lipinski definition) is 6. The summed E-state index contributed by atoms with van der Waals surface area (Å²) in [4.78, 5) is 28.6. The Balaban J connectivity index is 1.44. The average molecular weight is 396 g/mol. The maximum atomic E-state index is 13.0. The molecule has 2 aromatic carbocycles. The molecule has 29 heavy (non-hydrogen) atoms. The van der Waals surface area contributed by atoms with Crippen molar-refractivity contribution in [1.82, 2.24) is 4.90 Å². The highest BCUT2D eigenvalue weighted by molar-refractivity contribution is 5.95.